The Balaban J connectivity index is 0.000000148. The van der Waals surface area contributed by atoms with E-state index in [0.29, 0.717) is 44.5 Å². The molecule has 0 nitrogen and oxygen atoms in total. The number of benzene rings is 19. The predicted octanol–water partition coefficient (Wildman–Crippen LogP) is 28.5. The minimum absolute atomic E-state index is 0.202. The number of fused-ring (bicyclic) bond motifs is 19. The normalized spacial score (nSPS) is 14.2. The third-order valence-electron chi connectivity index (χ3n) is 19.6. The summed E-state index contributed by atoms with van der Waals surface area (Å²) >= 11 is 3.40. The smallest absolute Gasteiger partial charge is 0.0629 e. The number of thiophene rings is 2. The molecule has 0 atom stereocenters. The van der Waals surface area contributed by atoms with Crippen molar-refractivity contribution in [1.82, 2.24) is 0 Å². The summed E-state index contributed by atoms with van der Waals surface area (Å²) in [5.74, 6) is 0. The lowest BCUT2D eigenvalue weighted by atomic mass is 9.84. The highest BCUT2D eigenvalue weighted by atomic mass is 32.1. The van der Waals surface area contributed by atoms with E-state index in [-0.39, 0.29) is 91.4 Å². The molecule has 0 aliphatic carbocycles. The van der Waals surface area contributed by atoms with Gasteiger partial charge in [0.1, 0.15) is 0 Å². The van der Waals surface area contributed by atoms with E-state index in [2.05, 4.69) is 115 Å². The van der Waals surface area contributed by atoms with Gasteiger partial charge in [0.2, 0.25) is 0 Å². The van der Waals surface area contributed by atoms with E-state index < -0.39 is 48.3 Å². The van der Waals surface area contributed by atoms with Crippen LogP contribution in [0.25, 0.3) is 204 Å². The SMILES string of the molecule is [2H]c1c([2H])c([2H])c2c(-c3cc4sc5ccc6ccccc6c5c4c4ccccc34)c3c([2H])c([2H])c([2H])c([2H])c3c(-c3ccc(-c4cccc5ccccc45)cc3)c2c1[2H].[2H]c1c([2H])c([2H])c2c(-c3ccc(-c4cc5sc6ccc7ccccc7c6c5c5ccccc45)cc3)c3c([2H])c([2H])c([2H])c([2H])c3c(-c3ccccc3)c2c1[2H]. The molecule has 0 aliphatic heterocycles. The van der Waals surface area contributed by atoms with Crippen LogP contribution in [0.4, 0.5) is 0 Å². The van der Waals surface area contributed by atoms with Crippen molar-refractivity contribution < 1.29 is 21.9 Å². The Kier molecular flexibility index (Phi) is 9.88. The first-order chi connectivity index (χ1) is 55.3. The molecule has 21 rings (SSSR count). The van der Waals surface area contributed by atoms with Crippen LogP contribution in [0.1, 0.15) is 21.9 Å². The van der Waals surface area contributed by atoms with Crippen LogP contribution in [-0.2, 0) is 0 Å². The van der Waals surface area contributed by atoms with Gasteiger partial charge in [0.25, 0.3) is 0 Å². The van der Waals surface area contributed by atoms with Crippen LogP contribution in [0.15, 0.2) is 351 Å². The summed E-state index contributed by atoms with van der Waals surface area (Å²) < 4.78 is 150. The number of hydrogen-bond donors (Lipinski definition) is 0. The van der Waals surface area contributed by atoms with Crippen LogP contribution in [-0.4, -0.2) is 0 Å². The summed E-state index contributed by atoms with van der Waals surface area (Å²) in [6.07, 6.45) is 0. The van der Waals surface area contributed by atoms with Crippen molar-refractivity contribution in [3.8, 4) is 66.8 Å². The quantitative estimate of drug-likeness (QED) is 0.146. The molecule has 0 amide bonds. The zero-order valence-corrected chi connectivity index (χ0v) is 53.7. The van der Waals surface area contributed by atoms with Crippen molar-refractivity contribution >= 4 is 160 Å². The Labute approximate surface area is 596 Å². The molecule has 0 saturated carbocycles. The third-order valence-corrected chi connectivity index (χ3v) is 21.8. The monoisotopic (exact) mass is 1290 g/mol. The topological polar surface area (TPSA) is 0 Å². The number of rotatable bonds is 6. The van der Waals surface area contributed by atoms with Gasteiger partial charge in [0.05, 0.1) is 21.9 Å². The van der Waals surface area contributed by atoms with E-state index in [0.717, 1.165) is 85.5 Å². The fraction of sp³-hybridized carbons (Fsp3) is 0. The van der Waals surface area contributed by atoms with Crippen LogP contribution in [0, 0.1) is 0 Å². The maximum Gasteiger partial charge on any atom is 0.0629 e. The minimum Gasteiger partial charge on any atom is -0.135 e. The second-order valence-electron chi connectivity index (χ2n) is 24.8. The molecule has 0 N–H and O–H groups in total. The van der Waals surface area contributed by atoms with Crippen molar-refractivity contribution in [2.45, 2.75) is 0 Å². The zero-order valence-electron chi connectivity index (χ0n) is 68.1. The van der Waals surface area contributed by atoms with Crippen LogP contribution < -0.4 is 0 Å². The van der Waals surface area contributed by atoms with Gasteiger partial charge in [-0.2, -0.15) is 0 Å². The predicted molar refractivity (Wildman–Crippen MR) is 429 cm³/mol. The lowest BCUT2D eigenvalue weighted by Crippen LogP contribution is -1.92. The fourth-order valence-corrected chi connectivity index (χ4v) is 17.7. The second-order valence-corrected chi connectivity index (χ2v) is 26.9. The highest BCUT2D eigenvalue weighted by Gasteiger charge is 2.23. The molecule has 0 bridgehead atoms. The van der Waals surface area contributed by atoms with E-state index in [1.165, 1.54) is 30.9 Å². The molecule has 98 heavy (non-hydrogen) atoms. The lowest BCUT2D eigenvalue weighted by molar-refractivity contribution is 1.63. The first-order valence-corrected chi connectivity index (χ1v) is 34.1. The highest BCUT2D eigenvalue weighted by molar-refractivity contribution is 7.26. The van der Waals surface area contributed by atoms with Crippen molar-refractivity contribution in [3.05, 3.63) is 351 Å². The van der Waals surface area contributed by atoms with Gasteiger partial charge in [-0.05, 0) is 188 Å². The van der Waals surface area contributed by atoms with Gasteiger partial charge < -0.3 is 0 Å². The molecule has 2 aromatic heterocycles. The molecule has 0 unspecified atom stereocenters. The molecule has 454 valence electrons. The molecule has 2 heteroatoms. The minimum atomic E-state index is -0.418. The van der Waals surface area contributed by atoms with E-state index in [4.69, 9.17) is 13.7 Å². The largest absolute Gasteiger partial charge is 0.135 e. The molecule has 0 radical (unpaired) electrons. The summed E-state index contributed by atoms with van der Waals surface area (Å²) in [4.78, 5) is 0. The Hall–Kier alpha value is -12.0. The van der Waals surface area contributed by atoms with E-state index >= 15 is 0 Å². The Morgan fingerprint density at radius 1 is 0.184 bits per heavy atom. The van der Waals surface area contributed by atoms with Crippen LogP contribution in [0.5, 0.6) is 0 Å². The molecule has 0 fully saturated rings. The standard InChI is InChI=1S/C50H30S.C46H28S/c1-3-15-35-31(12-1)14-11-23-36(35)33-24-26-34(27-25-33)47-40-19-7-9-21-42(40)48(43-22-10-8-20-41(43)47)44-30-46-50(39-18-6-5-17-38(39)44)49-37-16-4-2-13-32(37)28-29-45(49)51-46;1-2-13-31(14-3-1)43-36-18-8-10-20-38(36)44(39-21-11-9-19-37(39)43)32-24-22-30(23-25-32)40-28-42-46(35-17-7-6-16-34(35)40)45-33-15-5-4-12-29(33)26-27-41(45)47-42/h1-30H;1-28H/i7D,8D,9D,10D,19D,20D,21D,22D;8D,9D,10D,11D,18D,19D,20D,21D. The first-order valence-electron chi connectivity index (χ1n) is 40.5. The van der Waals surface area contributed by atoms with Gasteiger partial charge in [-0.15, -0.1) is 22.7 Å². The van der Waals surface area contributed by atoms with E-state index in [1.807, 2.05) is 115 Å². The van der Waals surface area contributed by atoms with Gasteiger partial charge >= 0.3 is 0 Å². The van der Waals surface area contributed by atoms with Gasteiger partial charge in [-0.3, -0.25) is 0 Å². The fourth-order valence-electron chi connectivity index (χ4n) is 15.3. The third kappa shape index (κ3) is 8.89. The molecular formula is C96H58S2. The lowest BCUT2D eigenvalue weighted by Gasteiger charge is -2.19. The Bertz CT molecular complexity index is 7680. The average molecular weight is 1290 g/mol. The van der Waals surface area contributed by atoms with Crippen molar-refractivity contribution in [1.29, 1.82) is 0 Å². The highest BCUT2D eigenvalue weighted by Crippen LogP contribution is 2.52. The second kappa shape index (κ2) is 22.8. The van der Waals surface area contributed by atoms with Crippen molar-refractivity contribution in [3.63, 3.8) is 0 Å². The van der Waals surface area contributed by atoms with Crippen molar-refractivity contribution in [2.75, 3.05) is 0 Å². The van der Waals surface area contributed by atoms with Gasteiger partial charge in [-0.25, -0.2) is 0 Å². The Morgan fingerprint density at radius 3 is 0.939 bits per heavy atom. The molecule has 0 saturated heterocycles. The summed E-state index contributed by atoms with van der Waals surface area (Å²) in [6.45, 7) is 0. The summed E-state index contributed by atoms with van der Waals surface area (Å²) in [5.41, 5.74) is 7.70. The average Bonchev–Trinajstić information content (AvgIpc) is 1.31. The van der Waals surface area contributed by atoms with Gasteiger partial charge in [0.15, 0.2) is 0 Å². The summed E-state index contributed by atoms with van der Waals surface area (Å²) in [5, 5.41) is 17.2. The molecule has 0 spiro atoms. The number of hydrogen-bond acceptors (Lipinski definition) is 2. The van der Waals surface area contributed by atoms with Crippen LogP contribution in [0.3, 0.4) is 0 Å². The zero-order chi connectivity index (χ0) is 78.3. The maximum absolute atomic E-state index is 9.56. The Morgan fingerprint density at radius 2 is 0.490 bits per heavy atom. The van der Waals surface area contributed by atoms with E-state index in [1.54, 1.807) is 46.9 Å². The molecule has 19 aromatic carbocycles. The van der Waals surface area contributed by atoms with Crippen LogP contribution >= 0.6 is 22.7 Å². The molecule has 21 aromatic rings. The summed E-state index contributed by atoms with van der Waals surface area (Å²) in [7, 11) is 0. The van der Waals surface area contributed by atoms with Crippen LogP contribution in [0.2, 0.25) is 0 Å². The van der Waals surface area contributed by atoms with Crippen molar-refractivity contribution in [2.24, 2.45) is 0 Å². The molecule has 2 heterocycles. The maximum atomic E-state index is 9.56. The van der Waals surface area contributed by atoms with Gasteiger partial charge in [0, 0.05) is 40.3 Å². The molecular weight excluding hydrogens is 1220 g/mol. The first kappa shape index (κ1) is 42.4. The summed E-state index contributed by atoms with van der Waals surface area (Å²) in [6, 6.07) is 79.5. The molecule has 0 aliphatic rings. The van der Waals surface area contributed by atoms with Gasteiger partial charge in [-0.1, -0.05) is 327 Å². The van der Waals surface area contributed by atoms with E-state index in [9.17, 15) is 8.22 Å².